The first-order chi connectivity index (χ1) is 8.09. The van der Waals surface area contributed by atoms with E-state index in [1.807, 2.05) is 0 Å². The van der Waals surface area contributed by atoms with E-state index in [0.29, 0.717) is 13.0 Å². The highest BCUT2D eigenvalue weighted by molar-refractivity contribution is 5.81. The van der Waals surface area contributed by atoms with Crippen molar-refractivity contribution in [1.82, 2.24) is 15.1 Å². The largest absolute Gasteiger partial charge is 0.481 e. The summed E-state index contributed by atoms with van der Waals surface area (Å²) in [6, 6.07) is 1.51. The van der Waals surface area contributed by atoms with Crippen LogP contribution in [0.15, 0.2) is 12.3 Å². The molecule has 0 spiro atoms. The van der Waals surface area contributed by atoms with Gasteiger partial charge in [-0.2, -0.15) is 5.10 Å². The fourth-order valence-electron chi connectivity index (χ4n) is 2.27. The molecule has 2 heterocycles. The summed E-state index contributed by atoms with van der Waals surface area (Å²) in [5.74, 6) is -1.32. The van der Waals surface area contributed by atoms with Gasteiger partial charge in [-0.3, -0.25) is 14.7 Å². The van der Waals surface area contributed by atoms with Crippen molar-refractivity contribution in [3.05, 3.63) is 18.0 Å². The first kappa shape index (κ1) is 11.6. The molecule has 2 atom stereocenters. The van der Waals surface area contributed by atoms with E-state index in [9.17, 15) is 9.59 Å². The maximum atomic E-state index is 12.0. The monoisotopic (exact) mass is 237 g/mol. The number of hydrogen-bond acceptors (Lipinski definition) is 3. The Kier molecular flexibility index (Phi) is 3.12. The lowest BCUT2D eigenvalue weighted by atomic mass is 10.0. The van der Waals surface area contributed by atoms with Crippen molar-refractivity contribution in [3.63, 3.8) is 0 Å². The Labute approximate surface area is 98.6 Å². The van der Waals surface area contributed by atoms with Crippen LogP contribution in [0, 0.1) is 5.92 Å². The molecule has 92 valence electrons. The molecule has 2 unspecified atom stereocenters. The van der Waals surface area contributed by atoms with Gasteiger partial charge in [-0.05, 0) is 19.4 Å². The maximum absolute atomic E-state index is 12.0. The molecule has 1 aromatic rings. The van der Waals surface area contributed by atoms with Crippen LogP contribution in [-0.4, -0.2) is 44.7 Å². The minimum absolute atomic E-state index is 0.0505. The van der Waals surface area contributed by atoms with Crippen LogP contribution in [0.25, 0.3) is 0 Å². The SMILES string of the molecule is CC1C(C(=O)O)CCN1C(=O)Cc1ccn[nH]1. The molecule has 0 radical (unpaired) electrons. The highest BCUT2D eigenvalue weighted by Crippen LogP contribution is 2.24. The summed E-state index contributed by atoms with van der Waals surface area (Å²) in [4.78, 5) is 24.6. The number of rotatable bonds is 3. The zero-order valence-corrected chi connectivity index (χ0v) is 9.59. The molecule has 1 aliphatic heterocycles. The van der Waals surface area contributed by atoms with E-state index in [2.05, 4.69) is 10.2 Å². The minimum atomic E-state index is -0.825. The Balaban J connectivity index is 1.99. The molecule has 0 bridgehead atoms. The maximum Gasteiger partial charge on any atom is 0.308 e. The van der Waals surface area contributed by atoms with Crippen molar-refractivity contribution in [2.24, 2.45) is 5.92 Å². The van der Waals surface area contributed by atoms with E-state index in [0.717, 1.165) is 5.69 Å². The van der Waals surface area contributed by atoms with Gasteiger partial charge in [-0.25, -0.2) is 0 Å². The van der Waals surface area contributed by atoms with E-state index in [1.54, 1.807) is 24.1 Å². The van der Waals surface area contributed by atoms with Crippen molar-refractivity contribution < 1.29 is 14.7 Å². The fraction of sp³-hybridized carbons (Fsp3) is 0.545. The van der Waals surface area contributed by atoms with Crippen molar-refractivity contribution in [3.8, 4) is 0 Å². The van der Waals surface area contributed by atoms with Gasteiger partial charge < -0.3 is 10.0 Å². The lowest BCUT2D eigenvalue weighted by Gasteiger charge is -2.23. The number of carbonyl (C=O) groups excluding carboxylic acids is 1. The van der Waals surface area contributed by atoms with Crippen LogP contribution in [0.3, 0.4) is 0 Å². The zero-order valence-electron chi connectivity index (χ0n) is 9.59. The van der Waals surface area contributed by atoms with Crippen LogP contribution >= 0.6 is 0 Å². The summed E-state index contributed by atoms with van der Waals surface area (Å²) >= 11 is 0. The standard InChI is InChI=1S/C11H15N3O3/c1-7-9(11(16)17)3-5-14(7)10(15)6-8-2-4-12-13-8/h2,4,7,9H,3,5-6H2,1H3,(H,12,13)(H,16,17). The Morgan fingerprint density at radius 3 is 2.94 bits per heavy atom. The predicted molar refractivity (Wildman–Crippen MR) is 59.2 cm³/mol. The third-order valence-corrected chi connectivity index (χ3v) is 3.29. The number of nitrogens with one attached hydrogen (secondary N) is 1. The van der Waals surface area contributed by atoms with Gasteiger partial charge in [-0.1, -0.05) is 0 Å². The fourth-order valence-corrected chi connectivity index (χ4v) is 2.27. The summed E-state index contributed by atoms with van der Waals surface area (Å²) in [5.41, 5.74) is 0.751. The highest BCUT2D eigenvalue weighted by Gasteiger charge is 2.37. The first-order valence-corrected chi connectivity index (χ1v) is 5.60. The third kappa shape index (κ3) is 2.30. The van der Waals surface area contributed by atoms with Gasteiger partial charge >= 0.3 is 5.97 Å². The number of likely N-dealkylation sites (tertiary alicyclic amines) is 1. The predicted octanol–water partition coefficient (Wildman–Crippen LogP) is 0.274. The number of aromatic amines is 1. The van der Waals surface area contributed by atoms with Crippen LogP contribution in [-0.2, 0) is 16.0 Å². The molecule has 0 saturated carbocycles. The number of nitrogens with zero attached hydrogens (tertiary/aromatic N) is 2. The van der Waals surface area contributed by atoms with Crippen molar-refractivity contribution in [2.75, 3.05) is 6.54 Å². The molecule has 1 saturated heterocycles. The van der Waals surface area contributed by atoms with Crippen LogP contribution in [0.1, 0.15) is 19.0 Å². The van der Waals surface area contributed by atoms with Gasteiger partial charge in [0.15, 0.2) is 0 Å². The van der Waals surface area contributed by atoms with Gasteiger partial charge in [-0.15, -0.1) is 0 Å². The number of carboxylic acids is 1. The van der Waals surface area contributed by atoms with Crippen LogP contribution < -0.4 is 0 Å². The molecule has 6 nitrogen and oxygen atoms in total. The summed E-state index contributed by atoms with van der Waals surface area (Å²) in [6.07, 6.45) is 2.37. The summed E-state index contributed by atoms with van der Waals surface area (Å²) in [6.45, 7) is 2.31. The van der Waals surface area contributed by atoms with Gasteiger partial charge in [0.1, 0.15) is 0 Å². The van der Waals surface area contributed by atoms with Gasteiger partial charge in [0.2, 0.25) is 5.91 Å². The van der Waals surface area contributed by atoms with Crippen molar-refractivity contribution >= 4 is 11.9 Å². The van der Waals surface area contributed by atoms with Crippen molar-refractivity contribution in [1.29, 1.82) is 0 Å². The molecule has 1 aliphatic rings. The quantitative estimate of drug-likeness (QED) is 0.790. The molecular weight excluding hydrogens is 222 g/mol. The Morgan fingerprint density at radius 1 is 1.65 bits per heavy atom. The van der Waals surface area contributed by atoms with Crippen LogP contribution in [0.4, 0.5) is 0 Å². The van der Waals surface area contributed by atoms with E-state index in [1.165, 1.54) is 0 Å². The molecule has 0 aliphatic carbocycles. The molecule has 1 amide bonds. The van der Waals surface area contributed by atoms with E-state index < -0.39 is 11.9 Å². The molecule has 17 heavy (non-hydrogen) atoms. The second-order valence-electron chi connectivity index (χ2n) is 4.32. The number of aromatic nitrogens is 2. The minimum Gasteiger partial charge on any atom is -0.481 e. The smallest absolute Gasteiger partial charge is 0.308 e. The topological polar surface area (TPSA) is 86.3 Å². The summed E-state index contributed by atoms with van der Waals surface area (Å²) < 4.78 is 0. The normalized spacial score (nSPS) is 23.9. The molecule has 0 aromatic carbocycles. The third-order valence-electron chi connectivity index (χ3n) is 3.29. The van der Waals surface area contributed by atoms with Crippen molar-refractivity contribution in [2.45, 2.75) is 25.8 Å². The lowest BCUT2D eigenvalue weighted by molar-refractivity contribution is -0.143. The molecule has 6 heteroatoms. The molecular formula is C11H15N3O3. The molecule has 1 aromatic heterocycles. The number of aliphatic carboxylic acids is 1. The number of hydrogen-bond donors (Lipinski definition) is 2. The van der Waals surface area contributed by atoms with Gasteiger partial charge in [0.25, 0.3) is 0 Å². The van der Waals surface area contributed by atoms with E-state index in [-0.39, 0.29) is 18.4 Å². The number of carboxylic acid groups (broad SMARTS) is 1. The average Bonchev–Trinajstić information content (AvgIpc) is 2.86. The Bertz CT molecular complexity index is 416. The van der Waals surface area contributed by atoms with E-state index >= 15 is 0 Å². The first-order valence-electron chi connectivity index (χ1n) is 5.60. The summed E-state index contributed by atoms with van der Waals surface area (Å²) in [7, 11) is 0. The van der Waals surface area contributed by atoms with E-state index in [4.69, 9.17) is 5.11 Å². The molecule has 2 rings (SSSR count). The Morgan fingerprint density at radius 2 is 2.41 bits per heavy atom. The van der Waals surface area contributed by atoms with Crippen LogP contribution in [0.5, 0.6) is 0 Å². The second kappa shape index (κ2) is 4.57. The zero-order chi connectivity index (χ0) is 12.4. The van der Waals surface area contributed by atoms with Crippen LogP contribution in [0.2, 0.25) is 0 Å². The Hall–Kier alpha value is -1.85. The lowest BCUT2D eigenvalue weighted by Crippen LogP contribution is -2.38. The number of H-pyrrole nitrogens is 1. The molecule has 2 N–H and O–H groups in total. The van der Waals surface area contributed by atoms with Gasteiger partial charge in [0, 0.05) is 24.5 Å². The number of amides is 1. The summed E-state index contributed by atoms with van der Waals surface area (Å²) in [5, 5.41) is 15.5. The van der Waals surface area contributed by atoms with Gasteiger partial charge in [0.05, 0.1) is 12.3 Å². The highest BCUT2D eigenvalue weighted by atomic mass is 16.4. The second-order valence-corrected chi connectivity index (χ2v) is 4.32. The molecule has 1 fully saturated rings. The number of carbonyl (C=O) groups is 2. The average molecular weight is 237 g/mol.